The van der Waals surface area contributed by atoms with E-state index in [9.17, 15) is 0 Å². The lowest BCUT2D eigenvalue weighted by Crippen LogP contribution is -2.31. The van der Waals surface area contributed by atoms with Gasteiger partial charge in [0.25, 0.3) is 0 Å². The van der Waals surface area contributed by atoms with Gasteiger partial charge in [0.15, 0.2) is 10.9 Å². The summed E-state index contributed by atoms with van der Waals surface area (Å²) < 4.78 is 5.35. The summed E-state index contributed by atoms with van der Waals surface area (Å²) in [7, 11) is 0. The zero-order chi connectivity index (χ0) is 15.0. The molecule has 108 valence electrons. The quantitative estimate of drug-likeness (QED) is 0.363. The molecule has 0 fully saturated rings. The van der Waals surface area contributed by atoms with Gasteiger partial charge in [-0.25, -0.2) is 0 Å². The summed E-state index contributed by atoms with van der Waals surface area (Å²) in [4.78, 5) is 0. The molecule has 20 heavy (non-hydrogen) atoms. The lowest BCUT2D eigenvalue weighted by Gasteiger charge is -2.08. The predicted molar refractivity (Wildman–Crippen MR) is 89.2 cm³/mol. The summed E-state index contributed by atoms with van der Waals surface area (Å²) >= 11 is 17.2. The van der Waals surface area contributed by atoms with Crippen LogP contribution >= 0.6 is 35.4 Å². The number of nitrogens with zero attached hydrogens (tertiary/aromatic N) is 1. The fraction of sp³-hybridized carbons (Fsp3) is 0.231. The molecule has 1 aromatic rings. The summed E-state index contributed by atoms with van der Waals surface area (Å²) in [6.45, 7) is 6.51. The number of thiocarbonyl (C=S) groups is 1. The third-order valence-corrected chi connectivity index (χ3v) is 2.89. The van der Waals surface area contributed by atoms with Crippen LogP contribution in [0.1, 0.15) is 12.5 Å². The number of hydrogen-bond acceptors (Lipinski definition) is 3. The SMILES string of the molecule is C=CCNC(=S)N/N=C/c1cc(Cl)c(OCC)c(Cl)c1. The zero-order valence-electron chi connectivity index (χ0n) is 11.0. The first-order valence-electron chi connectivity index (χ1n) is 5.88. The molecule has 0 aliphatic rings. The van der Waals surface area contributed by atoms with Crippen molar-refractivity contribution < 1.29 is 4.74 Å². The number of rotatable bonds is 6. The van der Waals surface area contributed by atoms with Crippen molar-refractivity contribution in [2.75, 3.05) is 13.2 Å². The summed E-state index contributed by atoms with van der Waals surface area (Å²) in [5.74, 6) is 0.476. The fourth-order valence-corrected chi connectivity index (χ4v) is 2.06. The minimum Gasteiger partial charge on any atom is -0.491 e. The monoisotopic (exact) mass is 331 g/mol. The van der Waals surface area contributed by atoms with Crippen LogP contribution in [0, 0.1) is 0 Å². The Morgan fingerprint density at radius 2 is 2.10 bits per heavy atom. The maximum Gasteiger partial charge on any atom is 0.187 e. The summed E-state index contributed by atoms with van der Waals surface area (Å²) in [6.07, 6.45) is 3.26. The van der Waals surface area contributed by atoms with Crippen LogP contribution in [-0.4, -0.2) is 24.5 Å². The third kappa shape index (κ3) is 5.36. The number of hydrazone groups is 1. The van der Waals surface area contributed by atoms with Gasteiger partial charge in [0.2, 0.25) is 0 Å². The van der Waals surface area contributed by atoms with Crippen LogP contribution < -0.4 is 15.5 Å². The molecule has 0 saturated carbocycles. The second-order valence-corrected chi connectivity index (χ2v) is 4.84. The molecule has 0 unspecified atom stereocenters. The van der Waals surface area contributed by atoms with Crippen molar-refractivity contribution in [1.29, 1.82) is 0 Å². The molecular formula is C13H15Cl2N3OS. The van der Waals surface area contributed by atoms with Gasteiger partial charge in [-0.05, 0) is 36.8 Å². The zero-order valence-corrected chi connectivity index (χ0v) is 13.3. The first-order chi connectivity index (χ1) is 9.58. The average molecular weight is 332 g/mol. The molecule has 0 spiro atoms. The van der Waals surface area contributed by atoms with Gasteiger partial charge >= 0.3 is 0 Å². The molecule has 0 amide bonds. The Kier molecular flexibility index (Phi) is 7.36. The maximum absolute atomic E-state index is 6.08. The van der Waals surface area contributed by atoms with Crippen LogP contribution in [0.25, 0.3) is 0 Å². The van der Waals surface area contributed by atoms with E-state index in [-0.39, 0.29) is 0 Å². The van der Waals surface area contributed by atoms with E-state index in [1.165, 1.54) is 0 Å². The minimum absolute atomic E-state index is 0.407. The number of nitrogens with one attached hydrogen (secondary N) is 2. The molecule has 7 heteroatoms. The molecule has 2 N–H and O–H groups in total. The molecule has 0 bridgehead atoms. The molecule has 0 heterocycles. The van der Waals surface area contributed by atoms with Crippen LogP contribution in [0.2, 0.25) is 10.0 Å². The Hall–Kier alpha value is -1.30. The molecule has 0 aliphatic heterocycles. The Morgan fingerprint density at radius 3 is 2.65 bits per heavy atom. The fourth-order valence-electron chi connectivity index (χ4n) is 1.31. The van der Waals surface area contributed by atoms with Gasteiger partial charge in [-0.15, -0.1) is 6.58 Å². The van der Waals surface area contributed by atoms with E-state index in [1.54, 1.807) is 24.4 Å². The van der Waals surface area contributed by atoms with Gasteiger partial charge in [0.05, 0.1) is 22.9 Å². The van der Waals surface area contributed by atoms with E-state index < -0.39 is 0 Å². The highest BCUT2D eigenvalue weighted by atomic mass is 35.5. The van der Waals surface area contributed by atoms with Gasteiger partial charge in [-0.3, -0.25) is 5.43 Å². The molecular weight excluding hydrogens is 317 g/mol. The average Bonchev–Trinajstić information content (AvgIpc) is 2.40. The molecule has 4 nitrogen and oxygen atoms in total. The number of halogens is 2. The molecule has 0 atom stereocenters. The van der Waals surface area contributed by atoms with Crippen molar-refractivity contribution in [3.8, 4) is 5.75 Å². The van der Waals surface area contributed by atoms with Crippen molar-refractivity contribution in [3.63, 3.8) is 0 Å². The minimum atomic E-state index is 0.407. The maximum atomic E-state index is 6.08. The Bertz CT molecular complexity index is 497. The third-order valence-electron chi connectivity index (χ3n) is 2.10. The van der Waals surface area contributed by atoms with Crippen LogP contribution in [0.5, 0.6) is 5.75 Å². The Labute approximate surface area is 133 Å². The Morgan fingerprint density at radius 1 is 1.45 bits per heavy atom. The highest BCUT2D eigenvalue weighted by Crippen LogP contribution is 2.33. The van der Waals surface area contributed by atoms with Gasteiger partial charge in [-0.2, -0.15) is 5.10 Å². The highest BCUT2D eigenvalue weighted by molar-refractivity contribution is 7.80. The van der Waals surface area contributed by atoms with E-state index in [0.29, 0.717) is 34.1 Å². The molecule has 0 aliphatic carbocycles. The smallest absolute Gasteiger partial charge is 0.187 e. The van der Waals surface area contributed by atoms with Crippen LogP contribution in [-0.2, 0) is 0 Å². The van der Waals surface area contributed by atoms with Crippen molar-refractivity contribution in [3.05, 3.63) is 40.4 Å². The summed E-state index contributed by atoms with van der Waals surface area (Å²) in [5.41, 5.74) is 3.41. The van der Waals surface area contributed by atoms with Gasteiger partial charge in [-0.1, -0.05) is 29.3 Å². The standard InChI is InChI=1S/C13H15Cl2N3OS/c1-3-5-16-13(20)18-17-8-9-6-10(14)12(19-4-2)11(15)7-9/h3,6-8H,1,4-5H2,2H3,(H2,16,18,20)/b17-8+. The van der Waals surface area contributed by atoms with Crippen LogP contribution in [0.4, 0.5) is 0 Å². The number of benzene rings is 1. The van der Waals surface area contributed by atoms with E-state index >= 15 is 0 Å². The van der Waals surface area contributed by atoms with E-state index in [2.05, 4.69) is 22.4 Å². The number of ether oxygens (including phenoxy) is 1. The highest BCUT2D eigenvalue weighted by Gasteiger charge is 2.08. The van der Waals surface area contributed by atoms with Crippen molar-refractivity contribution in [2.24, 2.45) is 5.10 Å². The predicted octanol–water partition coefficient (Wildman–Crippen LogP) is 3.38. The first kappa shape index (κ1) is 16.8. The molecule has 0 radical (unpaired) electrons. The van der Waals surface area contributed by atoms with Gasteiger partial charge in [0.1, 0.15) is 0 Å². The lowest BCUT2D eigenvalue weighted by atomic mass is 10.2. The summed E-state index contributed by atoms with van der Waals surface area (Å²) in [5, 5.41) is 8.15. The van der Waals surface area contributed by atoms with Crippen molar-refractivity contribution in [2.45, 2.75) is 6.92 Å². The molecule has 1 rings (SSSR count). The van der Waals surface area contributed by atoms with Gasteiger partial charge in [0, 0.05) is 6.54 Å². The van der Waals surface area contributed by atoms with Crippen molar-refractivity contribution in [1.82, 2.24) is 10.7 Å². The second kappa shape index (κ2) is 8.79. The van der Waals surface area contributed by atoms with Crippen LogP contribution in [0.15, 0.2) is 29.9 Å². The van der Waals surface area contributed by atoms with Crippen molar-refractivity contribution >= 4 is 46.7 Å². The number of hydrogen-bond donors (Lipinski definition) is 2. The normalized spacial score (nSPS) is 10.3. The molecule has 0 aromatic heterocycles. The lowest BCUT2D eigenvalue weighted by molar-refractivity contribution is 0.340. The Balaban J connectivity index is 2.69. The first-order valence-corrected chi connectivity index (χ1v) is 7.04. The largest absolute Gasteiger partial charge is 0.491 e. The topological polar surface area (TPSA) is 45.7 Å². The van der Waals surface area contributed by atoms with E-state index in [0.717, 1.165) is 5.56 Å². The second-order valence-electron chi connectivity index (χ2n) is 3.62. The van der Waals surface area contributed by atoms with E-state index in [1.807, 2.05) is 6.92 Å². The van der Waals surface area contributed by atoms with E-state index in [4.69, 9.17) is 40.2 Å². The molecule has 1 aromatic carbocycles. The van der Waals surface area contributed by atoms with Gasteiger partial charge < -0.3 is 10.1 Å². The van der Waals surface area contributed by atoms with Crippen LogP contribution in [0.3, 0.4) is 0 Å². The molecule has 0 saturated heterocycles. The summed E-state index contributed by atoms with van der Waals surface area (Å²) in [6, 6.07) is 3.42.